The molecule has 1 saturated heterocycles. The summed E-state index contributed by atoms with van der Waals surface area (Å²) < 4.78 is 16.4. The second-order valence-electron chi connectivity index (χ2n) is 8.46. The van der Waals surface area contributed by atoms with Gasteiger partial charge in [0.15, 0.2) is 5.82 Å². The van der Waals surface area contributed by atoms with E-state index in [0.29, 0.717) is 12.4 Å². The molecule has 3 aromatic rings. The van der Waals surface area contributed by atoms with Crippen molar-refractivity contribution < 1.29 is 9.50 Å². The lowest BCUT2D eigenvalue weighted by Crippen LogP contribution is -2.36. The Balaban J connectivity index is 1.58. The molecule has 2 unspecified atom stereocenters. The summed E-state index contributed by atoms with van der Waals surface area (Å²) in [6.45, 7) is 5.18. The molecule has 0 amide bonds. The van der Waals surface area contributed by atoms with Gasteiger partial charge in [-0.3, -0.25) is 0 Å². The molecule has 1 aliphatic carbocycles. The summed E-state index contributed by atoms with van der Waals surface area (Å²) in [5, 5.41) is 18.4. The average molecular weight is 395 g/mol. The maximum absolute atomic E-state index is 14.6. The second-order valence-corrected chi connectivity index (χ2v) is 8.46. The van der Waals surface area contributed by atoms with Crippen molar-refractivity contribution in [3.8, 4) is 5.82 Å². The Hall–Kier alpha value is -2.38. The highest BCUT2D eigenvalue weighted by Crippen LogP contribution is 2.37. The molecule has 5 rings (SSSR count). The Morgan fingerprint density at radius 2 is 2.00 bits per heavy atom. The molecule has 2 atom stereocenters. The molecule has 0 spiro atoms. The summed E-state index contributed by atoms with van der Waals surface area (Å²) in [6.07, 6.45) is 3.01. The molecule has 1 saturated carbocycles. The third-order valence-corrected chi connectivity index (χ3v) is 6.36. The molecule has 1 aromatic carbocycles. The number of rotatable bonds is 3. The maximum Gasteiger partial charge on any atom is 0.157 e. The first-order valence-corrected chi connectivity index (χ1v) is 10.4. The van der Waals surface area contributed by atoms with Crippen LogP contribution in [0.4, 0.5) is 4.39 Å². The first-order valence-electron chi connectivity index (χ1n) is 10.4. The van der Waals surface area contributed by atoms with Crippen LogP contribution in [-0.2, 0) is 0 Å². The summed E-state index contributed by atoms with van der Waals surface area (Å²) in [5.74, 6) is 1.59. The normalized spacial score (nSPS) is 27.2. The van der Waals surface area contributed by atoms with Crippen LogP contribution in [0.2, 0.25) is 0 Å². The van der Waals surface area contributed by atoms with E-state index in [1.165, 1.54) is 0 Å². The van der Waals surface area contributed by atoms with Crippen LogP contribution in [0.25, 0.3) is 16.7 Å². The van der Waals surface area contributed by atoms with Crippen LogP contribution in [0.5, 0.6) is 0 Å². The fraction of sp³-hybridized carbons (Fsp3) is 0.500. The lowest BCUT2D eigenvalue weighted by Gasteiger charge is -2.31. The Kier molecular flexibility index (Phi) is 4.59. The van der Waals surface area contributed by atoms with Gasteiger partial charge in [-0.1, -0.05) is 0 Å². The smallest absolute Gasteiger partial charge is 0.157 e. The monoisotopic (exact) mass is 395 g/mol. The van der Waals surface area contributed by atoms with Gasteiger partial charge in [-0.25, -0.2) is 19.0 Å². The van der Waals surface area contributed by atoms with Crippen LogP contribution in [0.15, 0.2) is 24.4 Å². The zero-order valence-electron chi connectivity index (χ0n) is 16.8. The lowest BCUT2D eigenvalue weighted by atomic mass is 9.80. The first kappa shape index (κ1) is 18.6. The van der Waals surface area contributed by atoms with Crippen molar-refractivity contribution in [2.45, 2.75) is 57.2 Å². The number of nitrogens with one attached hydrogen (secondary N) is 1. The fourth-order valence-corrected chi connectivity index (χ4v) is 4.68. The minimum absolute atomic E-state index is 0.0943. The van der Waals surface area contributed by atoms with Gasteiger partial charge < -0.3 is 10.4 Å². The number of aliphatic hydroxyl groups is 1. The number of nitrogens with zero attached hydrogens (tertiary/aromatic N) is 4. The molecule has 2 fully saturated rings. The van der Waals surface area contributed by atoms with Crippen molar-refractivity contribution in [2.24, 2.45) is 0 Å². The molecule has 2 N–H and O–H groups in total. The van der Waals surface area contributed by atoms with E-state index in [0.717, 1.165) is 59.3 Å². The van der Waals surface area contributed by atoms with Gasteiger partial charge in [-0.05, 0) is 62.9 Å². The van der Waals surface area contributed by atoms with E-state index in [-0.39, 0.29) is 17.9 Å². The molecule has 2 aromatic heterocycles. The minimum Gasteiger partial charge on any atom is -0.393 e. The van der Waals surface area contributed by atoms with Gasteiger partial charge in [-0.2, -0.15) is 5.10 Å². The largest absolute Gasteiger partial charge is 0.393 e. The van der Waals surface area contributed by atoms with E-state index in [4.69, 9.17) is 0 Å². The van der Waals surface area contributed by atoms with Crippen LogP contribution in [0.1, 0.15) is 53.7 Å². The summed E-state index contributed by atoms with van der Waals surface area (Å²) in [6, 6.07) is 6.16. The molecule has 2 aliphatic rings. The molecule has 152 valence electrons. The summed E-state index contributed by atoms with van der Waals surface area (Å²) in [5.41, 5.74) is 4.06. The summed E-state index contributed by atoms with van der Waals surface area (Å²) >= 11 is 0. The molecule has 1 aliphatic heterocycles. The number of piperidine rings is 1. The summed E-state index contributed by atoms with van der Waals surface area (Å²) in [4.78, 5) is 9.18. The van der Waals surface area contributed by atoms with Gasteiger partial charge in [0.1, 0.15) is 12.0 Å². The quantitative estimate of drug-likeness (QED) is 0.713. The number of halogens is 1. The highest BCUT2D eigenvalue weighted by Gasteiger charge is 2.31. The van der Waals surface area contributed by atoms with Crippen LogP contribution in [0.3, 0.4) is 0 Å². The average Bonchev–Trinajstić information content (AvgIpc) is 3.07. The van der Waals surface area contributed by atoms with Gasteiger partial charge in [0, 0.05) is 35.5 Å². The number of aliphatic hydroxyl groups excluding tert-OH is 1. The molecule has 0 bridgehead atoms. The third kappa shape index (κ3) is 3.32. The van der Waals surface area contributed by atoms with Crippen LogP contribution < -0.4 is 5.32 Å². The van der Waals surface area contributed by atoms with Crippen molar-refractivity contribution in [1.82, 2.24) is 25.1 Å². The van der Waals surface area contributed by atoms with Crippen molar-refractivity contribution in [1.29, 1.82) is 0 Å². The molecule has 0 radical (unpaired) electrons. The number of hydrogen-bond donors (Lipinski definition) is 2. The van der Waals surface area contributed by atoms with Crippen molar-refractivity contribution in [3.63, 3.8) is 0 Å². The van der Waals surface area contributed by atoms with Gasteiger partial charge >= 0.3 is 0 Å². The second kappa shape index (κ2) is 7.15. The van der Waals surface area contributed by atoms with Crippen LogP contribution >= 0.6 is 0 Å². The first-order chi connectivity index (χ1) is 14.0. The predicted octanol–water partition coefficient (Wildman–Crippen LogP) is 3.09. The number of benzene rings is 1. The predicted molar refractivity (Wildman–Crippen MR) is 109 cm³/mol. The third-order valence-electron chi connectivity index (χ3n) is 6.36. The molecule has 3 heterocycles. The van der Waals surface area contributed by atoms with E-state index in [9.17, 15) is 9.50 Å². The van der Waals surface area contributed by atoms with Gasteiger partial charge in [0.25, 0.3) is 0 Å². The Labute approximate surface area is 169 Å². The lowest BCUT2D eigenvalue weighted by molar-refractivity contribution is 0.0731. The van der Waals surface area contributed by atoms with E-state index in [1.54, 1.807) is 0 Å². The van der Waals surface area contributed by atoms with Crippen LogP contribution in [0, 0.1) is 13.8 Å². The van der Waals surface area contributed by atoms with E-state index >= 15 is 0 Å². The highest BCUT2D eigenvalue weighted by atomic mass is 19.1. The maximum atomic E-state index is 14.6. The van der Waals surface area contributed by atoms with Gasteiger partial charge in [-0.15, -0.1) is 0 Å². The molecule has 6 nitrogen and oxygen atoms in total. The zero-order valence-corrected chi connectivity index (χ0v) is 16.8. The van der Waals surface area contributed by atoms with Crippen molar-refractivity contribution in [3.05, 3.63) is 47.0 Å². The zero-order chi connectivity index (χ0) is 20.1. The molecular weight excluding hydrogens is 369 g/mol. The molecule has 7 heteroatoms. The number of hydrogen-bond acceptors (Lipinski definition) is 5. The Morgan fingerprint density at radius 1 is 1.17 bits per heavy atom. The Bertz CT molecular complexity index is 1060. The standard InChI is InChI=1S/C22H26FN5O/c1-12-5-15-10-25-28(21(15)8-18(12)17-3-4-24-11-19(17)23)22-9-20(26-13(2)27-22)14-6-16(29)7-14/h5,8-10,14,16-17,19,24,29H,3-4,6-7,11H2,1-2H3/t14-,16-,17?,19?. The SMILES string of the molecule is Cc1nc(-n2ncc3cc(C)c(C4CCNCC4F)cc32)cc([C@H]2C[C@H](O)C2)n1. The summed E-state index contributed by atoms with van der Waals surface area (Å²) in [7, 11) is 0. The van der Waals surface area contributed by atoms with Crippen molar-refractivity contribution >= 4 is 10.9 Å². The Morgan fingerprint density at radius 3 is 2.76 bits per heavy atom. The number of aryl methyl sites for hydroxylation is 2. The number of aromatic nitrogens is 4. The van der Waals surface area contributed by atoms with E-state index in [1.807, 2.05) is 23.9 Å². The van der Waals surface area contributed by atoms with E-state index < -0.39 is 6.17 Å². The topological polar surface area (TPSA) is 75.9 Å². The minimum atomic E-state index is -0.880. The number of alkyl halides is 1. The van der Waals surface area contributed by atoms with Gasteiger partial charge in [0.2, 0.25) is 0 Å². The van der Waals surface area contributed by atoms with E-state index in [2.05, 4.69) is 39.4 Å². The highest BCUT2D eigenvalue weighted by molar-refractivity contribution is 5.82. The van der Waals surface area contributed by atoms with Crippen LogP contribution in [-0.4, -0.2) is 50.2 Å². The fourth-order valence-electron chi connectivity index (χ4n) is 4.68. The molecular formula is C22H26FN5O. The van der Waals surface area contributed by atoms with Crippen molar-refractivity contribution in [2.75, 3.05) is 13.1 Å². The molecule has 29 heavy (non-hydrogen) atoms. The van der Waals surface area contributed by atoms with Gasteiger partial charge in [0.05, 0.1) is 17.8 Å². The number of fused-ring (bicyclic) bond motifs is 1.